The molecular weight excluding hydrogens is 176 g/mol. The zero-order valence-corrected chi connectivity index (χ0v) is 8.88. The van der Waals surface area contributed by atoms with E-state index in [-0.39, 0.29) is 0 Å². The first-order chi connectivity index (χ1) is 6.57. The van der Waals surface area contributed by atoms with Crippen molar-refractivity contribution in [2.45, 2.75) is 51.0 Å². The highest BCUT2D eigenvalue weighted by Gasteiger charge is 2.24. The first kappa shape index (κ1) is 9.65. The number of aromatic amines is 1. The molecule has 0 atom stereocenters. The number of H-pyrrole nitrogens is 1. The van der Waals surface area contributed by atoms with Crippen LogP contribution in [-0.4, -0.2) is 15.2 Å². The average molecular weight is 194 g/mol. The molecule has 0 radical (unpaired) electrons. The fraction of sp³-hybridized carbons (Fsp3) is 0.800. The molecule has 1 aromatic rings. The quantitative estimate of drug-likeness (QED) is 0.752. The van der Waals surface area contributed by atoms with Crippen molar-refractivity contribution in [2.24, 2.45) is 5.73 Å². The van der Waals surface area contributed by atoms with E-state index in [1.807, 2.05) is 13.8 Å². The minimum Gasteiger partial charge on any atom is -0.319 e. The van der Waals surface area contributed by atoms with Gasteiger partial charge in [0.2, 0.25) is 0 Å². The van der Waals surface area contributed by atoms with Gasteiger partial charge in [-0.15, -0.1) is 0 Å². The summed E-state index contributed by atoms with van der Waals surface area (Å²) >= 11 is 0. The molecule has 0 saturated heterocycles. The summed E-state index contributed by atoms with van der Waals surface area (Å²) in [6, 6.07) is 0. The van der Waals surface area contributed by atoms with Gasteiger partial charge in [0.25, 0.3) is 0 Å². The molecule has 2 rings (SSSR count). The van der Waals surface area contributed by atoms with E-state index >= 15 is 0 Å². The van der Waals surface area contributed by atoms with Crippen LogP contribution in [0.25, 0.3) is 0 Å². The van der Waals surface area contributed by atoms with Crippen LogP contribution in [0.2, 0.25) is 0 Å². The highest BCUT2D eigenvalue weighted by atomic mass is 15.2. The lowest BCUT2D eigenvalue weighted by atomic mass is 10.1. The first-order valence-electron chi connectivity index (χ1n) is 5.29. The van der Waals surface area contributed by atoms with Gasteiger partial charge in [-0.1, -0.05) is 12.8 Å². The molecule has 0 aromatic carbocycles. The fourth-order valence-electron chi connectivity index (χ4n) is 1.94. The summed E-state index contributed by atoms with van der Waals surface area (Å²) in [6.45, 7) is 3.85. The summed E-state index contributed by atoms with van der Waals surface area (Å²) in [7, 11) is 0. The Morgan fingerprint density at radius 3 is 2.50 bits per heavy atom. The van der Waals surface area contributed by atoms with Crippen molar-refractivity contribution in [3.8, 4) is 0 Å². The molecule has 1 aliphatic carbocycles. The maximum absolute atomic E-state index is 5.92. The smallest absolute Gasteiger partial charge is 0.169 e. The van der Waals surface area contributed by atoms with Gasteiger partial charge in [0.15, 0.2) is 5.82 Å². The number of nitrogens with two attached hydrogens (primary N) is 1. The van der Waals surface area contributed by atoms with Gasteiger partial charge in [0.1, 0.15) is 5.82 Å². The summed E-state index contributed by atoms with van der Waals surface area (Å²) in [5.74, 6) is 2.33. The van der Waals surface area contributed by atoms with Gasteiger partial charge in [-0.05, 0) is 26.7 Å². The second-order valence-corrected chi connectivity index (χ2v) is 4.75. The summed E-state index contributed by atoms with van der Waals surface area (Å²) < 4.78 is 0. The van der Waals surface area contributed by atoms with Crippen LogP contribution in [0.15, 0.2) is 0 Å². The maximum Gasteiger partial charge on any atom is 0.169 e. The largest absolute Gasteiger partial charge is 0.319 e. The monoisotopic (exact) mass is 194 g/mol. The number of hydrogen-bond acceptors (Lipinski definition) is 3. The molecule has 4 heteroatoms. The summed E-state index contributed by atoms with van der Waals surface area (Å²) in [6.07, 6.45) is 5.10. The van der Waals surface area contributed by atoms with Crippen molar-refractivity contribution >= 4 is 0 Å². The van der Waals surface area contributed by atoms with Crippen molar-refractivity contribution in [1.82, 2.24) is 15.2 Å². The number of rotatable bonds is 2. The van der Waals surface area contributed by atoms with E-state index in [0.29, 0.717) is 5.92 Å². The second kappa shape index (κ2) is 3.35. The second-order valence-electron chi connectivity index (χ2n) is 4.75. The molecule has 1 aliphatic rings. The Labute approximate surface area is 84.3 Å². The van der Waals surface area contributed by atoms with Gasteiger partial charge in [-0.25, -0.2) is 4.98 Å². The van der Waals surface area contributed by atoms with Crippen molar-refractivity contribution in [2.75, 3.05) is 0 Å². The molecular formula is C10H18N4. The third kappa shape index (κ3) is 1.80. The third-order valence-corrected chi connectivity index (χ3v) is 2.82. The Bertz CT molecular complexity index is 304. The lowest BCUT2D eigenvalue weighted by Crippen LogP contribution is -2.30. The number of aromatic nitrogens is 3. The molecule has 0 spiro atoms. The predicted molar refractivity (Wildman–Crippen MR) is 54.8 cm³/mol. The molecule has 4 nitrogen and oxygen atoms in total. The zero-order valence-electron chi connectivity index (χ0n) is 8.88. The van der Waals surface area contributed by atoms with Gasteiger partial charge in [0, 0.05) is 5.92 Å². The number of nitrogens with zero attached hydrogens (tertiary/aromatic N) is 2. The van der Waals surface area contributed by atoms with Gasteiger partial charge in [0.05, 0.1) is 5.54 Å². The van der Waals surface area contributed by atoms with E-state index in [4.69, 9.17) is 5.73 Å². The first-order valence-corrected chi connectivity index (χ1v) is 5.29. The molecule has 1 heterocycles. The molecule has 1 fully saturated rings. The van der Waals surface area contributed by atoms with Crippen molar-refractivity contribution < 1.29 is 0 Å². The lowest BCUT2D eigenvalue weighted by molar-refractivity contribution is 0.515. The molecule has 78 valence electrons. The van der Waals surface area contributed by atoms with Crippen LogP contribution in [0.3, 0.4) is 0 Å². The van der Waals surface area contributed by atoms with E-state index < -0.39 is 5.54 Å². The van der Waals surface area contributed by atoms with E-state index in [1.54, 1.807) is 0 Å². The SMILES string of the molecule is CC(C)(N)c1n[nH]c(C2CCCC2)n1. The Morgan fingerprint density at radius 1 is 1.36 bits per heavy atom. The van der Waals surface area contributed by atoms with Crippen LogP contribution in [0.1, 0.15) is 57.1 Å². The van der Waals surface area contributed by atoms with Gasteiger partial charge in [-0.3, -0.25) is 5.10 Å². The zero-order chi connectivity index (χ0) is 10.2. The van der Waals surface area contributed by atoms with Gasteiger partial charge >= 0.3 is 0 Å². The highest BCUT2D eigenvalue weighted by molar-refractivity contribution is 5.05. The molecule has 0 aliphatic heterocycles. The molecule has 0 amide bonds. The minimum absolute atomic E-state index is 0.437. The average Bonchev–Trinajstić information content (AvgIpc) is 2.73. The predicted octanol–water partition coefficient (Wildman–Crippen LogP) is 1.66. The minimum atomic E-state index is -0.437. The van der Waals surface area contributed by atoms with Crippen LogP contribution >= 0.6 is 0 Å². The van der Waals surface area contributed by atoms with Crippen LogP contribution < -0.4 is 5.73 Å². The van der Waals surface area contributed by atoms with Crippen molar-refractivity contribution in [1.29, 1.82) is 0 Å². The molecule has 3 N–H and O–H groups in total. The number of nitrogens with one attached hydrogen (secondary N) is 1. The van der Waals surface area contributed by atoms with Gasteiger partial charge < -0.3 is 5.73 Å². The Kier molecular flexibility index (Phi) is 2.31. The van der Waals surface area contributed by atoms with Crippen LogP contribution in [0.4, 0.5) is 0 Å². The van der Waals surface area contributed by atoms with Crippen molar-refractivity contribution in [3.05, 3.63) is 11.6 Å². The van der Waals surface area contributed by atoms with E-state index in [2.05, 4.69) is 15.2 Å². The topological polar surface area (TPSA) is 67.6 Å². The van der Waals surface area contributed by atoms with Crippen LogP contribution in [0.5, 0.6) is 0 Å². The maximum atomic E-state index is 5.92. The van der Waals surface area contributed by atoms with Crippen LogP contribution in [-0.2, 0) is 5.54 Å². The molecule has 0 bridgehead atoms. The normalized spacial score (nSPS) is 19.1. The number of hydrogen-bond donors (Lipinski definition) is 2. The highest BCUT2D eigenvalue weighted by Crippen LogP contribution is 2.32. The summed E-state index contributed by atoms with van der Waals surface area (Å²) in [5.41, 5.74) is 5.49. The van der Waals surface area contributed by atoms with E-state index in [1.165, 1.54) is 25.7 Å². The Morgan fingerprint density at radius 2 is 2.00 bits per heavy atom. The van der Waals surface area contributed by atoms with E-state index in [9.17, 15) is 0 Å². The third-order valence-electron chi connectivity index (χ3n) is 2.82. The standard InChI is InChI=1S/C10H18N4/c1-10(2,11)9-12-8(13-14-9)7-5-3-4-6-7/h7H,3-6,11H2,1-2H3,(H,12,13,14). The van der Waals surface area contributed by atoms with Gasteiger partial charge in [-0.2, -0.15) is 5.10 Å². The molecule has 14 heavy (non-hydrogen) atoms. The Balaban J connectivity index is 2.17. The molecule has 0 unspecified atom stereocenters. The molecule has 1 aromatic heterocycles. The Hall–Kier alpha value is -0.900. The fourth-order valence-corrected chi connectivity index (χ4v) is 1.94. The lowest BCUT2D eigenvalue weighted by Gasteiger charge is -2.12. The van der Waals surface area contributed by atoms with E-state index in [0.717, 1.165) is 11.6 Å². The molecule has 1 saturated carbocycles. The van der Waals surface area contributed by atoms with Crippen molar-refractivity contribution in [3.63, 3.8) is 0 Å². The summed E-state index contributed by atoms with van der Waals surface area (Å²) in [5, 5.41) is 7.18. The summed E-state index contributed by atoms with van der Waals surface area (Å²) in [4.78, 5) is 4.47. The van der Waals surface area contributed by atoms with Crippen LogP contribution in [0, 0.1) is 0 Å².